The topological polar surface area (TPSA) is 46.2 Å². The smallest absolute Gasteiger partial charge is 0.209 e. The molecular formula is C16H27NO2S. The molecule has 0 aliphatic rings. The fourth-order valence-electron chi connectivity index (χ4n) is 2.18. The van der Waals surface area contributed by atoms with Gasteiger partial charge in [-0.25, -0.2) is 13.1 Å². The maximum absolute atomic E-state index is 12.1. The lowest BCUT2D eigenvalue weighted by molar-refractivity contribution is 0.569. The van der Waals surface area contributed by atoms with Crippen LogP contribution >= 0.6 is 0 Å². The number of rotatable bonds is 9. The molecule has 20 heavy (non-hydrogen) atoms. The van der Waals surface area contributed by atoms with Crippen LogP contribution in [0, 0.1) is 0 Å². The van der Waals surface area contributed by atoms with Gasteiger partial charge in [-0.3, -0.25) is 0 Å². The molecule has 0 aliphatic heterocycles. The van der Waals surface area contributed by atoms with Gasteiger partial charge in [0.1, 0.15) is 0 Å². The van der Waals surface area contributed by atoms with Gasteiger partial charge < -0.3 is 0 Å². The van der Waals surface area contributed by atoms with E-state index in [1.807, 2.05) is 26.0 Å². The average molecular weight is 297 g/mol. The number of aryl methyl sites for hydroxylation is 1. The largest absolute Gasteiger partial charge is 0.240 e. The summed E-state index contributed by atoms with van der Waals surface area (Å²) >= 11 is 0. The molecule has 0 spiro atoms. The van der Waals surface area contributed by atoms with Crippen molar-refractivity contribution >= 4 is 10.0 Å². The van der Waals surface area contributed by atoms with Crippen molar-refractivity contribution in [1.82, 2.24) is 4.72 Å². The maximum atomic E-state index is 12.1. The molecule has 0 aromatic heterocycles. The Morgan fingerprint density at radius 1 is 1.10 bits per heavy atom. The average Bonchev–Trinajstić information content (AvgIpc) is 2.37. The summed E-state index contributed by atoms with van der Waals surface area (Å²) in [6.07, 6.45) is 7.09. The van der Waals surface area contributed by atoms with E-state index >= 15 is 0 Å². The first-order chi connectivity index (χ1) is 9.45. The lowest BCUT2D eigenvalue weighted by atomic mass is 10.1. The van der Waals surface area contributed by atoms with Crippen LogP contribution in [0.1, 0.15) is 58.4 Å². The fraction of sp³-hybridized carbons (Fsp3) is 0.625. The molecule has 0 aliphatic carbocycles. The van der Waals surface area contributed by atoms with Crippen molar-refractivity contribution in [2.75, 3.05) is 0 Å². The van der Waals surface area contributed by atoms with Gasteiger partial charge in [-0.1, -0.05) is 44.7 Å². The summed E-state index contributed by atoms with van der Waals surface area (Å²) in [6.45, 7) is 5.86. The first-order valence-corrected chi connectivity index (χ1v) is 9.05. The van der Waals surface area contributed by atoms with Crippen LogP contribution in [0.25, 0.3) is 0 Å². The molecule has 0 radical (unpaired) electrons. The number of unbranched alkanes of at least 4 members (excludes halogenated alkanes) is 4. The summed E-state index contributed by atoms with van der Waals surface area (Å²) in [5, 5.41) is 0. The number of hydrogen-bond acceptors (Lipinski definition) is 2. The highest BCUT2D eigenvalue weighted by Gasteiger charge is 2.15. The lowest BCUT2D eigenvalue weighted by Crippen LogP contribution is -2.30. The summed E-state index contributed by atoms with van der Waals surface area (Å²) in [6, 6.07) is 7.21. The number of hydrogen-bond donors (Lipinski definition) is 1. The first-order valence-electron chi connectivity index (χ1n) is 7.57. The van der Waals surface area contributed by atoms with E-state index in [4.69, 9.17) is 0 Å². The Bertz CT molecular complexity index is 495. The Kier molecular flexibility index (Phi) is 7.24. The highest BCUT2D eigenvalue weighted by molar-refractivity contribution is 7.89. The third-order valence-electron chi connectivity index (χ3n) is 3.17. The highest BCUT2D eigenvalue weighted by atomic mass is 32.2. The van der Waals surface area contributed by atoms with E-state index in [0.717, 1.165) is 18.4 Å². The van der Waals surface area contributed by atoms with Gasteiger partial charge in [-0.15, -0.1) is 0 Å². The van der Waals surface area contributed by atoms with Crippen LogP contribution in [0.5, 0.6) is 0 Å². The summed E-state index contributed by atoms with van der Waals surface area (Å²) < 4.78 is 26.8. The summed E-state index contributed by atoms with van der Waals surface area (Å²) in [4.78, 5) is 0.372. The molecule has 0 amide bonds. The predicted octanol–water partition coefficient (Wildman–Crippen LogP) is 3.89. The summed E-state index contributed by atoms with van der Waals surface area (Å²) in [5.74, 6) is 0. The number of sulfonamides is 1. The molecule has 3 nitrogen and oxygen atoms in total. The van der Waals surface area contributed by atoms with Gasteiger partial charge in [0, 0.05) is 6.04 Å². The molecule has 0 fully saturated rings. The van der Waals surface area contributed by atoms with E-state index < -0.39 is 10.0 Å². The van der Waals surface area contributed by atoms with Crippen LogP contribution in [0.4, 0.5) is 0 Å². The minimum absolute atomic E-state index is 0.0855. The molecule has 1 rings (SSSR count). The minimum atomic E-state index is -3.37. The molecule has 1 N–H and O–H groups in total. The minimum Gasteiger partial charge on any atom is -0.209 e. The number of benzene rings is 1. The van der Waals surface area contributed by atoms with Crippen molar-refractivity contribution in [3.05, 3.63) is 29.8 Å². The van der Waals surface area contributed by atoms with E-state index in [1.165, 1.54) is 25.7 Å². The lowest BCUT2D eigenvalue weighted by Gasteiger charge is -2.10. The van der Waals surface area contributed by atoms with Crippen molar-refractivity contribution in [1.29, 1.82) is 0 Å². The standard InChI is InChI=1S/C16H27NO2S/c1-4-5-6-7-8-10-15-11-9-12-16(13-15)20(18,19)17-14(2)3/h9,11-14,17H,4-8,10H2,1-3H3. The third kappa shape index (κ3) is 6.06. The Hall–Kier alpha value is -0.870. The Morgan fingerprint density at radius 3 is 2.45 bits per heavy atom. The molecule has 0 saturated carbocycles. The molecule has 0 unspecified atom stereocenters. The quantitative estimate of drug-likeness (QED) is 0.703. The molecule has 1 aromatic rings. The third-order valence-corrected chi connectivity index (χ3v) is 4.82. The van der Waals surface area contributed by atoms with Crippen LogP contribution in [0.15, 0.2) is 29.2 Å². The molecule has 114 valence electrons. The molecule has 0 atom stereocenters. The van der Waals surface area contributed by atoms with Gasteiger partial charge in [0.05, 0.1) is 4.90 Å². The first kappa shape index (κ1) is 17.2. The molecule has 0 bridgehead atoms. The molecule has 4 heteroatoms. The van der Waals surface area contributed by atoms with Crippen LogP contribution in [-0.2, 0) is 16.4 Å². The zero-order valence-electron chi connectivity index (χ0n) is 12.9. The highest BCUT2D eigenvalue weighted by Crippen LogP contribution is 2.15. The fourth-order valence-corrected chi connectivity index (χ4v) is 3.50. The predicted molar refractivity (Wildman–Crippen MR) is 84.4 cm³/mol. The van der Waals surface area contributed by atoms with Gasteiger partial charge in [0.2, 0.25) is 10.0 Å². The van der Waals surface area contributed by atoms with Crippen molar-refractivity contribution < 1.29 is 8.42 Å². The van der Waals surface area contributed by atoms with Crippen molar-refractivity contribution in [2.45, 2.75) is 70.2 Å². The van der Waals surface area contributed by atoms with Crippen LogP contribution in [-0.4, -0.2) is 14.5 Å². The van der Waals surface area contributed by atoms with Gasteiger partial charge in [-0.2, -0.15) is 0 Å². The van der Waals surface area contributed by atoms with Crippen molar-refractivity contribution in [3.63, 3.8) is 0 Å². The number of nitrogens with one attached hydrogen (secondary N) is 1. The van der Waals surface area contributed by atoms with Crippen LogP contribution in [0.3, 0.4) is 0 Å². The second kappa shape index (κ2) is 8.42. The zero-order chi connectivity index (χ0) is 15.0. The monoisotopic (exact) mass is 297 g/mol. The van der Waals surface area contributed by atoms with Crippen LogP contribution in [0.2, 0.25) is 0 Å². The van der Waals surface area contributed by atoms with Gasteiger partial charge >= 0.3 is 0 Å². The van der Waals surface area contributed by atoms with E-state index in [9.17, 15) is 8.42 Å². The van der Waals surface area contributed by atoms with Crippen molar-refractivity contribution in [3.8, 4) is 0 Å². The molecule has 1 aromatic carbocycles. The Labute approximate surface area is 123 Å². The zero-order valence-corrected chi connectivity index (χ0v) is 13.7. The maximum Gasteiger partial charge on any atom is 0.240 e. The normalized spacial score (nSPS) is 12.0. The second-order valence-corrected chi connectivity index (χ2v) is 7.30. The Morgan fingerprint density at radius 2 is 1.80 bits per heavy atom. The van der Waals surface area contributed by atoms with E-state index in [2.05, 4.69) is 11.6 Å². The van der Waals surface area contributed by atoms with E-state index in [-0.39, 0.29) is 6.04 Å². The van der Waals surface area contributed by atoms with Gasteiger partial charge in [-0.05, 0) is 44.4 Å². The van der Waals surface area contributed by atoms with Crippen LogP contribution < -0.4 is 4.72 Å². The Balaban J connectivity index is 2.62. The van der Waals surface area contributed by atoms with Gasteiger partial charge in [0.25, 0.3) is 0 Å². The van der Waals surface area contributed by atoms with Crippen molar-refractivity contribution in [2.24, 2.45) is 0 Å². The SMILES string of the molecule is CCCCCCCc1cccc(S(=O)(=O)NC(C)C)c1. The summed E-state index contributed by atoms with van der Waals surface area (Å²) in [5.41, 5.74) is 1.10. The van der Waals surface area contributed by atoms with E-state index in [1.54, 1.807) is 12.1 Å². The molecule has 0 heterocycles. The van der Waals surface area contributed by atoms with E-state index in [0.29, 0.717) is 4.90 Å². The molecular weight excluding hydrogens is 270 g/mol. The molecule has 0 saturated heterocycles. The summed E-state index contributed by atoms with van der Waals surface area (Å²) in [7, 11) is -3.37. The van der Waals surface area contributed by atoms with Gasteiger partial charge in [0.15, 0.2) is 0 Å². The second-order valence-electron chi connectivity index (χ2n) is 5.59.